The average Bonchev–Trinajstić information content (AvgIpc) is 2.49. The van der Waals surface area contributed by atoms with Crippen molar-refractivity contribution in [3.05, 3.63) is 46.6 Å². The lowest BCUT2D eigenvalue weighted by Crippen LogP contribution is -2.26. The molecule has 0 unspecified atom stereocenters. The number of nitriles is 1. The highest BCUT2D eigenvalue weighted by Gasteiger charge is 2.10. The predicted molar refractivity (Wildman–Crippen MR) is 84.5 cm³/mol. The third kappa shape index (κ3) is 5.88. The Bertz CT molecular complexity index is 549. The van der Waals surface area contributed by atoms with Crippen molar-refractivity contribution >= 4 is 17.5 Å². The van der Waals surface area contributed by atoms with E-state index in [4.69, 9.17) is 16.9 Å². The monoisotopic (exact) mass is 305 g/mol. The summed E-state index contributed by atoms with van der Waals surface area (Å²) in [4.78, 5) is 13.9. The normalized spacial score (nSPS) is 10.9. The first kappa shape index (κ1) is 17.1. The van der Waals surface area contributed by atoms with Crippen LogP contribution in [-0.4, -0.2) is 24.4 Å². The molecule has 4 nitrogen and oxygen atoms in total. The molecule has 1 N–H and O–H groups in total. The van der Waals surface area contributed by atoms with Crippen LogP contribution < -0.4 is 5.32 Å². The maximum Gasteiger partial charge on any atom is 0.263 e. The molecular weight excluding hydrogens is 286 g/mol. The largest absolute Gasteiger partial charge is 0.379 e. The van der Waals surface area contributed by atoms with E-state index in [0.717, 1.165) is 24.9 Å². The summed E-state index contributed by atoms with van der Waals surface area (Å²) < 4.78 is 0. The molecule has 1 amide bonds. The summed E-state index contributed by atoms with van der Waals surface area (Å²) in [6, 6.07) is 9.22. The molecule has 0 spiro atoms. The van der Waals surface area contributed by atoms with Gasteiger partial charge in [-0.2, -0.15) is 5.26 Å². The Kier molecular flexibility index (Phi) is 7.34. The van der Waals surface area contributed by atoms with E-state index in [9.17, 15) is 4.79 Å². The summed E-state index contributed by atoms with van der Waals surface area (Å²) in [7, 11) is 1.86. The highest BCUT2D eigenvalue weighted by atomic mass is 35.5. The quantitative estimate of drug-likeness (QED) is 0.622. The molecule has 0 fully saturated rings. The van der Waals surface area contributed by atoms with E-state index in [1.165, 1.54) is 0 Å². The number of hydrogen-bond donors (Lipinski definition) is 1. The number of halogens is 1. The van der Waals surface area contributed by atoms with E-state index in [2.05, 4.69) is 12.2 Å². The van der Waals surface area contributed by atoms with Gasteiger partial charge < -0.3 is 10.2 Å². The summed E-state index contributed by atoms with van der Waals surface area (Å²) in [5, 5.41) is 12.4. The van der Waals surface area contributed by atoms with Crippen molar-refractivity contribution in [2.45, 2.75) is 26.3 Å². The van der Waals surface area contributed by atoms with Crippen LogP contribution in [0.15, 0.2) is 36.0 Å². The van der Waals surface area contributed by atoms with Gasteiger partial charge in [0.2, 0.25) is 0 Å². The average molecular weight is 306 g/mol. The maximum atomic E-state index is 12.0. The number of carbonyl (C=O) groups excluding carboxylic acids is 1. The summed E-state index contributed by atoms with van der Waals surface area (Å²) in [6.45, 7) is 3.22. The standard InChI is InChI=1S/C16H20ClN3O/c1-3-4-9-20(2)12-14(10-18)16(21)19-11-13-7-5-6-8-15(13)17/h5-8,12H,3-4,9,11H2,1-2H3,(H,19,21)/b14-12-. The molecule has 112 valence electrons. The first-order chi connectivity index (χ1) is 10.1. The number of unbranched alkanes of at least 4 members (excludes halogenated alkanes) is 1. The van der Waals surface area contributed by atoms with Crippen molar-refractivity contribution < 1.29 is 4.79 Å². The third-order valence-electron chi connectivity index (χ3n) is 2.98. The second-order valence-corrected chi connectivity index (χ2v) is 5.17. The molecule has 0 heterocycles. The van der Waals surface area contributed by atoms with Crippen molar-refractivity contribution in [2.24, 2.45) is 0 Å². The van der Waals surface area contributed by atoms with E-state index in [1.54, 1.807) is 12.3 Å². The van der Waals surface area contributed by atoms with Gasteiger partial charge in [-0.3, -0.25) is 4.79 Å². The third-order valence-corrected chi connectivity index (χ3v) is 3.34. The Morgan fingerprint density at radius 2 is 2.19 bits per heavy atom. The minimum atomic E-state index is -0.388. The number of nitrogens with zero attached hydrogens (tertiary/aromatic N) is 2. The molecule has 1 aromatic carbocycles. The molecule has 5 heteroatoms. The second kappa shape index (κ2) is 9.04. The van der Waals surface area contributed by atoms with Crippen LogP contribution in [0.25, 0.3) is 0 Å². The van der Waals surface area contributed by atoms with Gasteiger partial charge >= 0.3 is 0 Å². The predicted octanol–water partition coefficient (Wildman–Crippen LogP) is 3.10. The Hall–Kier alpha value is -1.99. The summed E-state index contributed by atoms with van der Waals surface area (Å²) in [5.41, 5.74) is 0.921. The molecule has 21 heavy (non-hydrogen) atoms. The van der Waals surface area contributed by atoms with Gasteiger partial charge in [0.15, 0.2) is 0 Å². The van der Waals surface area contributed by atoms with Crippen LogP contribution in [0.3, 0.4) is 0 Å². The molecule has 0 aromatic heterocycles. The van der Waals surface area contributed by atoms with Gasteiger partial charge in [0.1, 0.15) is 11.6 Å². The first-order valence-electron chi connectivity index (χ1n) is 6.92. The number of rotatable bonds is 7. The lowest BCUT2D eigenvalue weighted by molar-refractivity contribution is -0.117. The van der Waals surface area contributed by atoms with Gasteiger partial charge in [0.25, 0.3) is 5.91 Å². The highest BCUT2D eigenvalue weighted by molar-refractivity contribution is 6.31. The summed E-state index contributed by atoms with van der Waals surface area (Å²) in [5.74, 6) is -0.388. The molecule has 0 saturated heterocycles. The molecule has 0 saturated carbocycles. The van der Waals surface area contributed by atoms with Crippen molar-refractivity contribution in [3.8, 4) is 6.07 Å². The van der Waals surface area contributed by atoms with Crippen molar-refractivity contribution in [3.63, 3.8) is 0 Å². The molecule has 1 aromatic rings. The summed E-state index contributed by atoms with van der Waals surface area (Å²) in [6.07, 6.45) is 3.67. The van der Waals surface area contributed by atoms with Gasteiger partial charge in [-0.1, -0.05) is 43.1 Å². The molecule has 0 aliphatic rings. The zero-order valence-corrected chi connectivity index (χ0v) is 13.2. The Morgan fingerprint density at radius 3 is 2.81 bits per heavy atom. The van der Waals surface area contributed by atoms with Gasteiger partial charge in [0.05, 0.1) is 0 Å². The van der Waals surface area contributed by atoms with Crippen LogP contribution in [-0.2, 0) is 11.3 Å². The van der Waals surface area contributed by atoms with E-state index in [-0.39, 0.29) is 11.5 Å². The number of hydrogen-bond acceptors (Lipinski definition) is 3. The molecule has 0 aliphatic carbocycles. The molecule has 1 rings (SSSR count). The first-order valence-corrected chi connectivity index (χ1v) is 7.30. The zero-order valence-electron chi connectivity index (χ0n) is 12.4. The SMILES string of the molecule is CCCCN(C)/C=C(/C#N)C(=O)NCc1ccccc1Cl. The highest BCUT2D eigenvalue weighted by Crippen LogP contribution is 2.14. The van der Waals surface area contributed by atoms with Crippen molar-refractivity contribution in [1.29, 1.82) is 5.26 Å². The van der Waals surface area contributed by atoms with Gasteiger partial charge in [-0.25, -0.2) is 0 Å². The minimum absolute atomic E-state index is 0.0978. The van der Waals surface area contributed by atoms with Crippen LogP contribution in [0.2, 0.25) is 5.02 Å². The number of nitrogens with one attached hydrogen (secondary N) is 1. The fourth-order valence-corrected chi connectivity index (χ4v) is 1.95. The topological polar surface area (TPSA) is 56.1 Å². The van der Waals surface area contributed by atoms with Crippen LogP contribution in [0.5, 0.6) is 0 Å². The molecule has 0 radical (unpaired) electrons. The van der Waals surface area contributed by atoms with Gasteiger partial charge in [0, 0.05) is 31.4 Å². The zero-order chi connectivity index (χ0) is 15.7. The Morgan fingerprint density at radius 1 is 1.48 bits per heavy atom. The number of carbonyl (C=O) groups is 1. The minimum Gasteiger partial charge on any atom is -0.379 e. The lowest BCUT2D eigenvalue weighted by atomic mass is 10.2. The van der Waals surface area contributed by atoms with Crippen molar-refractivity contribution in [2.75, 3.05) is 13.6 Å². The Labute approximate surface area is 131 Å². The molecule has 0 aliphatic heterocycles. The van der Waals surface area contributed by atoms with Crippen LogP contribution in [0.1, 0.15) is 25.3 Å². The smallest absolute Gasteiger partial charge is 0.263 e. The fourth-order valence-electron chi connectivity index (χ4n) is 1.74. The Balaban J connectivity index is 2.62. The van der Waals surface area contributed by atoms with Gasteiger partial charge in [-0.15, -0.1) is 0 Å². The van der Waals surface area contributed by atoms with E-state index < -0.39 is 0 Å². The van der Waals surface area contributed by atoms with E-state index >= 15 is 0 Å². The molecular formula is C16H20ClN3O. The van der Waals surface area contributed by atoms with Gasteiger partial charge in [-0.05, 0) is 18.1 Å². The van der Waals surface area contributed by atoms with E-state index in [1.807, 2.05) is 36.2 Å². The maximum absolute atomic E-state index is 12.0. The van der Waals surface area contributed by atoms with E-state index in [0.29, 0.717) is 11.6 Å². The summed E-state index contributed by atoms with van der Waals surface area (Å²) >= 11 is 6.02. The van der Waals surface area contributed by atoms with Crippen LogP contribution in [0, 0.1) is 11.3 Å². The van der Waals surface area contributed by atoms with Crippen molar-refractivity contribution in [1.82, 2.24) is 10.2 Å². The fraction of sp³-hybridized carbons (Fsp3) is 0.375. The molecule has 0 atom stereocenters. The number of benzene rings is 1. The van der Waals surface area contributed by atoms with Crippen LogP contribution >= 0.6 is 11.6 Å². The second-order valence-electron chi connectivity index (χ2n) is 4.76. The number of amides is 1. The lowest BCUT2D eigenvalue weighted by Gasteiger charge is -2.14. The van der Waals surface area contributed by atoms with Crippen LogP contribution in [0.4, 0.5) is 0 Å². The molecule has 0 bridgehead atoms.